The van der Waals surface area contributed by atoms with Crippen molar-refractivity contribution in [2.24, 2.45) is 5.84 Å². The molecule has 0 heterocycles. The molecular weight excluding hydrogens is 244 g/mol. The molecule has 0 bridgehead atoms. The highest BCUT2D eigenvalue weighted by molar-refractivity contribution is 5.43. The maximum Gasteiger partial charge on any atom is 0.0531 e. The number of nitrogens with two attached hydrogens (primary N) is 1. The molecule has 0 amide bonds. The molecule has 2 heteroatoms. The number of benzene rings is 2. The largest absolute Gasteiger partial charge is 0.271 e. The number of rotatable bonds is 5. The topological polar surface area (TPSA) is 38.0 Å². The van der Waals surface area contributed by atoms with E-state index in [0.29, 0.717) is 5.92 Å². The number of fused-ring (bicyclic) bond motifs is 1. The summed E-state index contributed by atoms with van der Waals surface area (Å²) in [6.45, 7) is 2.22. The lowest BCUT2D eigenvalue weighted by molar-refractivity contribution is 0.419. The van der Waals surface area contributed by atoms with Crippen LogP contribution in [-0.2, 0) is 12.8 Å². The summed E-state index contributed by atoms with van der Waals surface area (Å²) >= 11 is 0. The van der Waals surface area contributed by atoms with E-state index in [1.54, 1.807) is 0 Å². The van der Waals surface area contributed by atoms with Crippen LogP contribution in [0.1, 0.15) is 47.6 Å². The van der Waals surface area contributed by atoms with Crippen LogP contribution >= 0.6 is 0 Å². The number of nitrogens with one attached hydrogen (secondary N) is 1. The number of hydrazine groups is 1. The summed E-state index contributed by atoms with van der Waals surface area (Å²) in [4.78, 5) is 0. The molecular formula is C18H22N2. The number of hydrogen-bond donors (Lipinski definition) is 2. The van der Waals surface area contributed by atoms with Crippen LogP contribution in [0.3, 0.4) is 0 Å². The van der Waals surface area contributed by atoms with Crippen LogP contribution in [0.5, 0.6) is 0 Å². The molecule has 3 rings (SSSR count). The molecule has 0 spiro atoms. The Morgan fingerprint density at radius 2 is 2.05 bits per heavy atom. The maximum absolute atomic E-state index is 5.85. The fourth-order valence-electron chi connectivity index (χ4n) is 3.27. The van der Waals surface area contributed by atoms with Crippen molar-refractivity contribution >= 4 is 0 Å². The summed E-state index contributed by atoms with van der Waals surface area (Å²) in [7, 11) is 0. The van der Waals surface area contributed by atoms with Crippen molar-refractivity contribution in [1.29, 1.82) is 0 Å². The average Bonchev–Trinajstić information content (AvgIpc) is 2.45. The van der Waals surface area contributed by atoms with Gasteiger partial charge in [-0.15, -0.1) is 0 Å². The van der Waals surface area contributed by atoms with Crippen LogP contribution in [0.4, 0.5) is 0 Å². The Hall–Kier alpha value is -1.64. The molecule has 2 unspecified atom stereocenters. The highest BCUT2D eigenvalue weighted by atomic mass is 15.2. The number of hydrogen-bond acceptors (Lipinski definition) is 2. The molecule has 2 aromatic rings. The highest BCUT2D eigenvalue weighted by Crippen LogP contribution is 2.43. The summed E-state index contributed by atoms with van der Waals surface area (Å²) in [5.74, 6) is 6.34. The lowest BCUT2D eigenvalue weighted by Crippen LogP contribution is -2.37. The van der Waals surface area contributed by atoms with Gasteiger partial charge in [-0.05, 0) is 35.1 Å². The Morgan fingerprint density at radius 3 is 2.80 bits per heavy atom. The van der Waals surface area contributed by atoms with E-state index >= 15 is 0 Å². The van der Waals surface area contributed by atoms with E-state index in [0.717, 1.165) is 12.8 Å². The third kappa shape index (κ3) is 2.37. The van der Waals surface area contributed by atoms with Gasteiger partial charge >= 0.3 is 0 Å². The van der Waals surface area contributed by atoms with Crippen LogP contribution in [0.25, 0.3) is 0 Å². The smallest absolute Gasteiger partial charge is 0.0531 e. The zero-order valence-electron chi connectivity index (χ0n) is 12.0. The first-order valence-corrected chi connectivity index (χ1v) is 7.46. The second-order valence-electron chi connectivity index (χ2n) is 5.65. The second kappa shape index (κ2) is 5.78. The van der Waals surface area contributed by atoms with Gasteiger partial charge in [-0.2, -0.15) is 0 Å². The minimum Gasteiger partial charge on any atom is -0.271 e. The maximum atomic E-state index is 5.85. The molecule has 3 N–H and O–H groups in total. The Morgan fingerprint density at radius 1 is 1.20 bits per heavy atom. The van der Waals surface area contributed by atoms with Crippen molar-refractivity contribution in [3.8, 4) is 0 Å². The first kappa shape index (κ1) is 13.3. The molecule has 0 fully saturated rings. The van der Waals surface area contributed by atoms with Crippen LogP contribution < -0.4 is 11.3 Å². The molecule has 0 saturated heterocycles. The van der Waals surface area contributed by atoms with E-state index in [-0.39, 0.29) is 6.04 Å². The minimum atomic E-state index is 0.210. The number of aryl methyl sites for hydroxylation is 1. The predicted molar refractivity (Wildman–Crippen MR) is 83.4 cm³/mol. The summed E-state index contributed by atoms with van der Waals surface area (Å²) in [5.41, 5.74) is 8.64. The van der Waals surface area contributed by atoms with E-state index in [2.05, 4.69) is 60.9 Å². The molecule has 104 valence electrons. The SMILES string of the molecule is CCCc1cccc(C(NN)C2Cc3ccccc32)c1. The first-order valence-electron chi connectivity index (χ1n) is 7.46. The van der Waals surface area contributed by atoms with E-state index in [1.165, 1.54) is 28.7 Å². The zero-order chi connectivity index (χ0) is 13.9. The van der Waals surface area contributed by atoms with Gasteiger partial charge in [0.05, 0.1) is 6.04 Å². The fourth-order valence-corrected chi connectivity index (χ4v) is 3.27. The molecule has 2 atom stereocenters. The Kier molecular flexibility index (Phi) is 3.86. The van der Waals surface area contributed by atoms with Crippen molar-refractivity contribution in [3.05, 3.63) is 70.8 Å². The molecule has 2 aromatic carbocycles. The van der Waals surface area contributed by atoms with Gasteiger partial charge in [0.1, 0.15) is 0 Å². The van der Waals surface area contributed by atoms with Crippen molar-refractivity contribution in [3.63, 3.8) is 0 Å². The van der Waals surface area contributed by atoms with Gasteiger partial charge in [-0.3, -0.25) is 11.3 Å². The third-order valence-electron chi connectivity index (χ3n) is 4.33. The third-order valence-corrected chi connectivity index (χ3v) is 4.33. The lowest BCUT2D eigenvalue weighted by atomic mass is 9.72. The first-order chi connectivity index (χ1) is 9.83. The van der Waals surface area contributed by atoms with Crippen LogP contribution in [0, 0.1) is 0 Å². The normalized spacial score (nSPS) is 18.2. The van der Waals surface area contributed by atoms with Crippen molar-refractivity contribution < 1.29 is 0 Å². The monoisotopic (exact) mass is 266 g/mol. The average molecular weight is 266 g/mol. The fraction of sp³-hybridized carbons (Fsp3) is 0.333. The van der Waals surface area contributed by atoms with Crippen molar-refractivity contribution in [1.82, 2.24) is 5.43 Å². The second-order valence-corrected chi connectivity index (χ2v) is 5.65. The van der Waals surface area contributed by atoms with Crippen molar-refractivity contribution in [2.75, 3.05) is 0 Å². The summed E-state index contributed by atoms with van der Waals surface area (Å²) in [6.07, 6.45) is 3.42. The van der Waals surface area contributed by atoms with Crippen LogP contribution in [0.2, 0.25) is 0 Å². The van der Waals surface area contributed by atoms with E-state index in [4.69, 9.17) is 5.84 Å². The summed E-state index contributed by atoms with van der Waals surface area (Å²) in [5, 5.41) is 0. The standard InChI is InChI=1S/C18H22N2/c1-2-6-13-7-5-9-15(11-13)18(20-19)17-12-14-8-3-4-10-16(14)17/h3-5,7-11,17-18,20H,2,6,12,19H2,1H3. The van der Waals surface area contributed by atoms with Gasteiger partial charge in [0, 0.05) is 5.92 Å². The molecule has 2 nitrogen and oxygen atoms in total. The Bertz CT molecular complexity index is 591. The summed E-state index contributed by atoms with van der Waals surface area (Å²) < 4.78 is 0. The van der Waals surface area contributed by atoms with E-state index < -0.39 is 0 Å². The van der Waals surface area contributed by atoms with Crippen molar-refractivity contribution in [2.45, 2.75) is 38.1 Å². The molecule has 1 aliphatic carbocycles. The Labute approximate surface area is 121 Å². The highest BCUT2D eigenvalue weighted by Gasteiger charge is 2.33. The van der Waals surface area contributed by atoms with Gasteiger partial charge in [0.25, 0.3) is 0 Å². The van der Waals surface area contributed by atoms with E-state index in [9.17, 15) is 0 Å². The molecule has 1 aliphatic rings. The van der Waals surface area contributed by atoms with Crippen LogP contribution in [0.15, 0.2) is 48.5 Å². The quantitative estimate of drug-likeness (QED) is 0.642. The molecule has 20 heavy (non-hydrogen) atoms. The molecule has 0 aliphatic heterocycles. The van der Waals surface area contributed by atoms with Crippen LogP contribution in [-0.4, -0.2) is 0 Å². The van der Waals surface area contributed by atoms with Gasteiger partial charge in [0.2, 0.25) is 0 Å². The molecule has 0 saturated carbocycles. The zero-order valence-corrected chi connectivity index (χ0v) is 12.0. The van der Waals surface area contributed by atoms with E-state index in [1.807, 2.05) is 0 Å². The summed E-state index contributed by atoms with van der Waals surface area (Å²) in [6, 6.07) is 17.7. The van der Waals surface area contributed by atoms with Gasteiger partial charge < -0.3 is 0 Å². The molecule has 0 radical (unpaired) electrons. The lowest BCUT2D eigenvalue weighted by Gasteiger charge is -2.36. The van der Waals surface area contributed by atoms with Gasteiger partial charge in [-0.25, -0.2) is 0 Å². The molecule has 0 aromatic heterocycles. The van der Waals surface area contributed by atoms with Gasteiger partial charge in [0.15, 0.2) is 0 Å². The predicted octanol–water partition coefficient (Wildman–Crippen LogP) is 3.48. The Balaban J connectivity index is 1.86. The minimum absolute atomic E-state index is 0.210. The van der Waals surface area contributed by atoms with Gasteiger partial charge in [-0.1, -0.05) is 61.9 Å².